The van der Waals surface area contributed by atoms with Gasteiger partial charge in [0.2, 0.25) is 0 Å². The summed E-state index contributed by atoms with van der Waals surface area (Å²) in [5.41, 5.74) is 3.44. The van der Waals surface area contributed by atoms with Crippen LogP contribution < -0.4 is 10.1 Å². The van der Waals surface area contributed by atoms with Crippen molar-refractivity contribution in [2.45, 2.75) is 30.6 Å². The first-order valence-corrected chi connectivity index (χ1v) is 9.16. The molecule has 0 fully saturated rings. The average molecular weight is 327 g/mol. The van der Waals surface area contributed by atoms with Crippen LogP contribution in [-0.2, 0) is 17.6 Å². The van der Waals surface area contributed by atoms with Crippen LogP contribution in [0.15, 0.2) is 47.4 Å². The van der Waals surface area contributed by atoms with Gasteiger partial charge in [0.25, 0.3) is 5.91 Å². The van der Waals surface area contributed by atoms with E-state index in [0.717, 1.165) is 29.2 Å². The second kappa shape index (κ2) is 7.55. The molecule has 1 aliphatic carbocycles. The maximum Gasteiger partial charge on any atom is 0.262 e. The Labute approximate surface area is 141 Å². The summed E-state index contributed by atoms with van der Waals surface area (Å²) in [6.45, 7) is 0.0416. The molecule has 23 heavy (non-hydrogen) atoms. The van der Waals surface area contributed by atoms with Gasteiger partial charge in [0.05, 0.1) is 0 Å². The lowest BCUT2D eigenvalue weighted by atomic mass is 9.91. The first kappa shape index (κ1) is 15.9. The molecule has 0 heterocycles. The highest BCUT2D eigenvalue weighted by Gasteiger charge is 2.14. The fourth-order valence-corrected chi connectivity index (χ4v) is 3.38. The van der Waals surface area contributed by atoms with Gasteiger partial charge >= 0.3 is 0 Å². The summed E-state index contributed by atoms with van der Waals surface area (Å²) in [7, 11) is 0. The molecule has 0 aromatic heterocycles. The van der Waals surface area contributed by atoms with Crippen molar-refractivity contribution in [3.05, 3.63) is 53.6 Å². The van der Waals surface area contributed by atoms with E-state index < -0.39 is 0 Å². The average Bonchev–Trinajstić information content (AvgIpc) is 2.60. The number of hydrogen-bond donors (Lipinski definition) is 1. The second-order valence-corrected chi connectivity index (χ2v) is 6.55. The van der Waals surface area contributed by atoms with E-state index in [2.05, 4.69) is 11.4 Å². The highest BCUT2D eigenvalue weighted by molar-refractivity contribution is 7.98. The van der Waals surface area contributed by atoms with Crippen molar-refractivity contribution in [2.24, 2.45) is 0 Å². The molecule has 1 aliphatic rings. The summed E-state index contributed by atoms with van der Waals surface area (Å²) in [6, 6.07) is 14.0. The first-order valence-electron chi connectivity index (χ1n) is 7.94. The maximum absolute atomic E-state index is 12.1. The Hall–Kier alpha value is -1.94. The summed E-state index contributed by atoms with van der Waals surface area (Å²) in [5.74, 6) is 0.729. The van der Waals surface area contributed by atoms with Gasteiger partial charge in [0.1, 0.15) is 5.75 Å². The van der Waals surface area contributed by atoms with E-state index in [4.69, 9.17) is 4.74 Å². The smallest absolute Gasteiger partial charge is 0.262 e. The van der Waals surface area contributed by atoms with E-state index in [1.807, 2.05) is 42.7 Å². The molecule has 3 nitrogen and oxygen atoms in total. The molecule has 1 amide bonds. The number of hydrogen-bond acceptors (Lipinski definition) is 3. The number of rotatable bonds is 5. The molecule has 0 aliphatic heterocycles. The number of aryl methyl sites for hydroxylation is 1. The lowest BCUT2D eigenvalue weighted by Gasteiger charge is -2.19. The van der Waals surface area contributed by atoms with Crippen LogP contribution in [0.5, 0.6) is 5.75 Å². The van der Waals surface area contributed by atoms with Crippen LogP contribution >= 0.6 is 11.8 Å². The minimum Gasteiger partial charge on any atom is -0.483 e. The number of thioether (sulfide) groups is 1. The van der Waals surface area contributed by atoms with Gasteiger partial charge in [0, 0.05) is 10.6 Å². The number of nitrogens with one attached hydrogen (secondary N) is 1. The number of amides is 1. The fourth-order valence-electron chi connectivity index (χ4n) is 2.92. The summed E-state index contributed by atoms with van der Waals surface area (Å²) in [4.78, 5) is 13.2. The molecule has 0 atom stereocenters. The number of carbonyl (C=O) groups is 1. The third kappa shape index (κ3) is 4.08. The van der Waals surface area contributed by atoms with Gasteiger partial charge in [-0.2, -0.15) is 0 Å². The Bertz CT molecular complexity index is 700. The molecule has 0 saturated carbocycles. The molecule has 0 spiro atoms. The van der Waals surface area contributed by atoms with Gasteiger partial charge in [-0.3, -0.25) is 4.79 Å². The van der Waals surface area contributed by atoms with Crippen molar-refractivity contribution in [1.29, 1.82) is 0 Å². The molecule has 1 N–H and O–H groups in total. The Balaban J connectivity index is 1.61. The van der Waals surface area contributed by atoms with Crippen molar-refractivity contribution in [3.63, 3.8) is 0 Å². The lowest BCUT2D eigenvalue weighted by molar-refractivity contribution is -0.118. The number of anilines is 1. The molecule has 120 valence electrons. The summed E-state index contributed by atoms with van der Waals surface area (Å²) in [6.07, 6.45) is 6.61. The first-order chi connectivity index (χ1) is 11.3. The van der Waals surface area contributed by atoms with Crippen LogP contribution in [0.1, 0.15) is 24.0 Å². The zero-order valence-electron chi connectivity index (χ0n) is 13.3. The van der Waals surface area contributed by atoms with Crippen LogP contribution in [0.2, 0.25) is 0 Å². The Morgan fingerprint density at radius 2 is 2.00 bits per heavy atom. The molecule has 0 unspecified atom stereocenters. The summed E-state index contributed by atoms with van der Waals surface area (Å²) < 4.78 is 5.78. The third-order valence-electron chi connectivity index (χ3n) is 4.07. The van der Waals surface area contributed by atoms with E-state index in [0.29, 0.717) is 0 Å². The molecule has 2 aromatic rings. The Morgan fingerprint density at radius 1 is 1.17 bits per heavy atom. The molecule has 2 aromatic carbocycles. The molecule has 3 rings (SSSR count). The monoisotopic (exact) mass is 327 g/mol. The van der Waals surface area contributed by atoms with Crippen molar-refractivity contribution in [3.8, 4) is 5.75 Å². The van der Waals surface area contributed by atoms with Gasteiger partial charge in [-0.05, 0) is 67.3 Å². The predicted molar refractivity (Wildman–Crippen MR) is 95.4 cm³/mol. The zero-order chi connectivity index (χ0) is 16.1. The van der Waals surface area contributed by atoms with Crippen molar-refractivity contribution < 1.29 is 9.53 Å². The van der Waals surface area contributed by atoms with Crippen molar-refractivity contribution in [2.75, 3.05) is 18.2 Å². The molecule has 0 radical (unpaired) electrons. The van der Waals surface area contributed by atoms with Crippen LogP contribution in [0.25, 0.3) is 0 Å². The summed E-state index contributed by atoms with van der Waals surface area (Å²) >= 11 is 1.65. The highest BCUT2D eigenvalue weighted by atomic mass is 32.2. The minimum atomic E-state index is -0.128. The van der Waals surface area contributed by atoms with Crippen LogP contribution in [0.4, 0.5) is 5.69 Å². The second-order valence-electron chi connectivity index (χ2n) is 5.67. The fraction of sp³-hybridized carbons (Fsp3) is 0.316. The molecule has 0 saturated heterocycles. The van der Waals surface area contributed by atoms with Crippen LogP contribution in [-0.4, -0.2) is 18.8 Å². The van der Waals surface area contributed by atoms with Crippen molar-refractivity contribution >= 4 is 23.4 Å². The Kier molecular flexibility index (Phi) is 5.23. The van der Waals surface area contributed by atoms with E-state index in [1.54, 1.807) is 11.8 Å². The molecular formula is C19H21NO2S. The number of fused-ring (bicyclic) bond motifs is 1. The zero-order valence-corrected chi connectivity index (χ0v) is 14.1. The Morgan fingerprint density at radius 3 is 2.87 bits per heavy atom. The largest absolute Gasteiger partial charge is 0.483 e. The maximum atomic E-state index is 12.1. The predicted octanol–water partition coefficient (Wildman–Crippen LogP) is 4.30. The molecular weight excluding hydrogens is 306 g/mol. The SMILES string of the molecule is CSc1cccc(NC(=O)COc2cccc3c2CCCC3)c1. The van der Waals surface area contributed by atoms with E-state index in [-0.39, 0.29) is 12.5 Å². The van der Waals surface area contributed by atoms with E-state index in [9.17, 15) is 4.79 Å². The van der Waals surface area contributed by atoms with Gasteiger partial charge < -0.3 is 10.1 Å². The van der Waals surface area contributed by atoms with Crippen LogP contribution in [0.3, 0.4) is 0 Å². The molecule has 4 heteroatoms. The topological polar surface area (TPSA) is 38.3 Å². The van der Waals surface area contributed by atoms with Gasteiger partial charge in [-0.25, -0.2) is 0 Å². The number of ether oxygens (including phenoxy) is 1. The minimum absolute atomic E-state index is 0.0416. The van der Waals surface area contributed by atoms with Gasteiger partial charge in [-0.15, -0.1) is 11.8 Å². The number of carbonyl (C=O) groups excluding carboxylic acids is 1. The van der Waals surface area contributed by atoms with Gasteiger partial charge in [0.15, 0.2) is 6.61 Å². The van der Waals surface area contributed by atoms with Crippen molar-refractivity contribution in [1.82, 2.24) is 0 Å². The van der Waals surface area contributed by atoms with Crippen LogP contribution in [0, 0.1) is 0 Å². The molecule has 0 bridgehead atoms. The quantitative estimate of drug-likeness (QED) is 0.832. The lowest BCUT2D eigenvalue weighted by Crippen LogP contribution is -2.21. The van der Waals surface area contributed by atoms with Gasteiger partial charge in [-0.1, -0.05) is 18.2 Å². The van der Waals surface area contributed by atoms with E-state index in [1.165, 1.54) is 24.0 Å². The number of benzene rings is 2. The third-order valence-corrected chi connectivity index (χ3v) is 4.79. The normalized spacial score (nSPS) is 13.3. The van der Waals surface area contributed by atoms with E-state index >= 15 is 0 Å². The standard InChI is InChI=1S/C19H21NO2S/c1-23-16-9-5-8-15(12-16)20-19(21)13-22-18-11-4-7-14-6-2-3-10-17(14)18/h4-5,7-9,11-12H,2-3,6,10,13H2,1H3,(H,20,21). The summed E-state index contributed by atoms with van der Waals surface area (Å²) in [5, 5.41) is 2.89. The highest BCUT2D eigenvalue weighted by Crippen LogP contribution is 2.29.